The second-order valence-electron chi connectivity index (χ2n) is 17.2. The number of ketones is 1. The highest BCUT2D eigenvalue weighted by Gasteiger charge is 2.44. The Morgan fingerprint density at radius 2 is 0.983 bits per heavy atom. The van der Waals surface area contributed by atoms with Crippen molar-refractivity contribution < 1.29 is 64.2 Å². The van der Waals surface area contributed by atoms with Gasteiger partial charge in [-0.05, 0) is 113 Å². The monoisotopic (exact) mass is 844 g/mol. The topological polar surface area (TPSA) is 126 Å². The number of Topliss-reactive ketones (excluding diaryl/α,β-unsaturated/α-hetero) is 1. The van der Waals surface area contributed by atoms with Gasteiger partial charge in [0.05, 0.1) is 31.5 Å². The molecule has 6 fully saturated rings. The molecule has 0 amide bonds. The first-order valence-corrected chi connectivity index (χ1v) is 20.9. The number of ether oxygens (including phenoxy) is 4. The predicted octanol–water partition coefficient (Wildman–Crippen LogP) is 10.6. The Morgan fingerprint density at radius 1 is 0.583 bits per heavy atom. The van der Waals surface area contributed by atoms with Crippen molar-refractivity contribution in [3.8, 4) is 34.0 Å². The van der Waals surface area contributed by atoms with Gasteiger partial charge in [-0.1, -0.05) is 34.6 Å². The molecule has 0 radical (unpaired) electrons. The smallest absolute Gasteiger partial charge is 0.405 e. The summed E-state index contributed by atoms with van der Waals surface area (Å²) in [5.74, 6) is 2.31. The van der Waals surface area contributed by atoms with Gasteiger partial charge in [0.2, 0.25) is 0 Å². The number of aromatic nitrogens is 2. The van der Waals surface area contributed by atoms with Crippen LogP contribution in [-0.4, -0.2) is 52.2 Å². The zero-order valence-electron chi connectivity index (χ0n) is 32.7. The van der Waals surface area contributed by atoms with Gasteiger partial charge < -0.3 is 33.1 Å². The third kappa shape index (κ3) is 9.10. The quantitative estimate of drug-likeness (QED) is 0.138. The van der Waals surface area contributed by atoms with Crippen LogP contribution < -0.4 is 9.47 Å². The minimum atomic E-state index is -4.80. The lowest BCUT2D eigenvalue weighted by molar-refractivity contribution is -0.275. The number of carbonyl (C=O) groups excluding carboxylic acids is 1. The summed E-state index contributed by atoms with van der Waals surface area (Å²) >= 11 is 0. The first-order chi connectivity index (χ1) is 28.8. The fourth-order valence-electron chi connectivity index (χ4n) is 9.77. The van der Waals surface area contributed by atoms with Crippen molar-refractivity contribution in [1.82, 2.24) is 10.3 Å². The maximum atomic E-state index is 12.9. The van der Waals surface area contributed by atoms with E-state index in [0.29, 0.717) is 52.7 Å². The van der Waals surface area contributed by atoms with Crippen molar-refractivity contribution in [3.63, 3.8) is 0 Å². The maximum Gasteiger partial charge on any atom is 0.573 e. The Morgan fingerprint density at radius 3 is 1.40 bits per heavy atom. The van der Waals surface area contributed by atoms with Crippen molar-refractivity contribution in [2.45, 2.75) is 133 Å². The molecule has 60 heavy (non-hydrogen) atoms. The normalized spacial score (nSPS) is 27.4. The van der Waals surface area contributed by atoms with Gasteiger partial charge in [-0.3, -0.25) is 4.79 Å². The summed E-state index contributed by atoms with van der Waals surface area (Å²) in [5.41, 5.74) is 2.52. The molecule has 322 valence electrons. The van der Waals surface area contributed by atoms with Crippen LogP contribution in [0.1, 0.15) is 112 Å². The maximum absolute atomic E-state index is 12.9. The fourth-order valence-corrected chi connectivity index (χ4v) is 9.77. The van der Waals surface area contributed by atoms with Crippen LogP contribution in [0, 0.1) is 23.7 Å². The molecule has 10 rings (SSSR count). The van der Waals surface area contributed by atoms with E-state index in [0.717, 1.165) is 64.2 Å². The lowest BCUT2D eigenvalue weighted by atomic mass is 9.84. The number of alkyl halides is 6. The van der Waals surface area contributed by atoms with E-state index in [-0.39, 0.29) is 89.7 Å². The summed E-state index contributed by atoms with van der Waals surface area (Å²) in [5, 5.41) is 18.4. The first kappa shape index (κ1) is 41.0. The van der Waals surface area contributed by atoms with Crippen molar-refractivity contribution in [2.75, 3.05) is 0 Å². The van der Waals surface area contributed by atoms with E-state index < -0.39 is 12.7 Å². The molecule has 6 aliphatic carbocycles. The van der Waals surface area contributed by atoms with Gasteiger partial charge in [0, 0.05) is 45.9 Å². The van der Waals surface area contributed by atoms with E-state index >= 15 is 0 Å². The summed E-state index contributed by atoms with van der Waals surface area (Å²) in [6.45, 7) is 0.425. The SMILES string of the molecule is O=C1C2CCC1CC(OCc1c(-c3ccccc3OC(F)(F)F)noc1C1CC1)C2.OC1C2CCC1CC(OCc1c(-c3ccccc3OC(F)(F)F)noc1C1CC1)C2. The number of aliphatic hydroxyl groups is 1. The highest BCUT2D eigenvalue weighted by Crippen LogP contribution is 2.49. The number of para-hydroxylation sites is 2. The van der Waals surface area contributed by atoms with Gasteiger partial charge in [-0.15, -0.1) is 26.3 Å². The van der Waals surface area contributed by atoms with E-state index in [1.54, 1.807) is 24.3 Å². The summed E-state index contributed by atoms with van der Waals surface area (Å²) in [6.07, 6.45) is 0.999. The standard InChI is InChI=1S/C22H24F3NO4.C22H22F3NO4/c2*23-22(24,25)29-18-4-2-1-3-16(18)19-17(21(30-26-19)12-5-6-12)11-28-15-9-13-7-8-14(10-15)20(13)27/h1-4,12-15,20,27H,5-11H2;1-4,12-15H,5-11H2. The van der Waals surface area contributed by atoms with Crippen molar-refractivity contribution >= 4 is 5.78 Å². The number of hydrogen-bond donors (Lipinski definition) is 1. The zero-order chi connectivity index (χ0) is 41.8. The van der Waals surface area contributed by atoms with Crippen molar-refractivity contribution in [3.05, 3.63) is 71.2 Å². The fraction of sp³-hybridized carbons (Fsp3) is 0.568. The Kier molecular flexibility index (Phi) is 11.2. The average Bonchev–Trinajstić information content (AvgIpc) is 4.12. The number of hydrogen-bond acceptors (Lipinski definition) is 10. The second-order valence-corrected chi connectivity index (χ2v) is 17.2. The van der Waals surface area contributed by atoms with Gasteiger partial charge >= 0.3 is 12.7 Å². The van der Waals surface area contributed by atoms with Gasteiger partial charge in [-0.25, -0.2) is 0 Å². The van der Waals surface area contributed by atoms with Gasteiger partial charge in [0.25, 0.3) is 0 Å². The van der Waals surface area contributed by atoms with Crippen LogP contribution in [0.2, 0.25) is 0 Å². The Bertz CT molecular complexity index is 2130. The molecule has 2 heterocycles. The van der Waals surface area contributed by atoms with E-state index in [1.807, 2.05) is 0 Å². The van der Waals surface area contributed by atoms with Gasteiger partial charge in [0.1, 0.15) is 40.2 Å². The minimum Gasteiger partial charge on any atom is -0.405 e. The summed E-state index contributed by atoms with van der Waals surface area (Å²) in [7, 11) is 0. The molecule has 0 spiro atoms. The molecule has 16 heteroatoms. The molecule has 2 aromatic carbocycles. The average molecular weight is 845 g/mol. The van der Waals surface area contributed by atoms with E-state index in [2.05, 4.69) is 19.8 Å². The summed E-state index contributed by atoms with van der Waals surface area (Å²) in [4.78, 5) is 12.1. The predicted molar refractivity (Wildman–Crippen MR) is 200 cm³/mol. The largest absolute Gasteiger partial charge is 0.573 e. The molecule has 4 atom stereocenters. The minimum absolute atomic E-state index is 0.0300. The van der Waals surface area contributed by atoms with E-state index in [1.165, 1.54) is 24.3 Å². The molecular weight excluding hydrogens is 798 g/mol. The number of carbonyl (C=O) groups is 1. The van der Waals surface area contributed by atoms with Crippen LogP contribution in [0.15, 0.2) is 57.6 Å². The number of nitrogens with zero attached hydrogens (tertiary/aromatic N) is 2. The van der Waals surface area contributed by atoms with E-state index in [9.17, 15) is 36.2 Å². The molecule has 1 N–H and O–H groups in total. The number of aliphatic hydroxyl groups excluding tert-OH is 1. The third-order valence-electron chi connectivity index (χ3n) is 13.0. The number of halogens is 6. The molecule has 6 saturated carbocycles. The highest BCUT2D eigenvalue weighted by molar-refractivity contribution is 5.86. The third-order valence-corrected chi connectivity index (χ3v) is 13.0. The number of fused-ring (bicyclic) bond motifs is 4. The van der Waals surface area contributed by atoms with Gasteiger partial charge in [0.15, 0.2) is 0 Å². The van der Waals surface area contributed by atoms with Crippen LogP contribution in [0.5, 0.6) is 11.5 Å². The van der Waals surface area contributed by atoms with Crippen LogP contribution in [0.25, 0.3) is 22.5 Å². The van der Waals surface area contributed by atoms with E-state index in [4.69, 9.17) is 18.5 Å². The van der Waals surface area contributed by atoms with Crippen LogP contribution in [0.4, 0.5) is 26.3 Å². The Labute approximate surface area is 341 Å². The molecule has 4 bridgehead atoms. The van der Waals surface area contributed by atoms with Gasteiger partial charge in [-0.2, -0.15) is 0 Å². The molecule has 10 nitrogen and oxygen atoms in total. The molecular formula is C44H46F6N2O8. The molecule has 2 aromatic heterocycles. The second kappa shape index (κ2) is 16.5. The van der Waals surface area contributed by atoms with Crippen molar-refractivity contribution in [1.29, 1.82) is 0 Å². The summed E-state index contributed by atoms with van der Waals surface area (Å²) in [6, 6.07) is 11.9. The molecule has 4 unspecified atom stereocenters. The lowest BCUT2D eigenvalue weighted by Gasteiger charge is -2.32. The summed E-state index contributed by atoms with van der Waals surface area (Å²) < 4.78 is 109. The molecule has 6 aliphatic rings. The van der Waals surface area contributed by atoms with Crippen LogP contribution in [-0.2, 0) is 27.5 Å². The van der Waals surface area contributed by atoms with Crippen molar-refractivity contribution in [2.24, 2.45) is 23.7 Å². The Hall–Kier alpha value is -4.41. The van der Waals surface area contributed by atoms with Crippen LogP contribution >= 0.6 is 0 Å². The highest BCUT2D eigenvalue weighted by atomic mass is 19.4. The molecule has 4 aromatic rings. The lowest BCUT2D eigenvalue weighted by Crippen LogP contribution is -2.34. The molecule has 0 aliphatic heterocycles. The molecule has 0 saturated heterocycles. The van der Waals surface area contributed by atoms with Crippen LogP contribution in [0.3, 0.4) is 0 Å². The number of rotatable bonds is 12. The Balaban J connectivity index is 0.000000154. The first-order valence-electron chi connectivity index (χ1n) is 20.9. The number of benzene rings is 2. The zero-order valence-corrected chi connectivity index (χ0v) is 32.7.